The molecule has 0 unspecified atom stereocenters. The highest BCUT2D eigenvalue weighted by atomic mass is 16.1. The van der Waals surface area contributed by atoms with Crippen LogP contribution in [0.1, 0.15) is 25.5 Å². The Morgan fingerprint density at radius 2 is 2.40 bits per heavy atom. The normalized spacial score (nSPS) is 10.3. The van der Waals surface area contributed by atoms with Gasteiger partial charge in [0.05, 0.1) is 0 Å². The van der Waals surface area contributed by atoms with Crippen molar-refractivity contribution < 1.29 is 0 Å². The second-order valence-corrected chi connectivity index (χ2v) is 3.40. The molecular formula is C10H18N4O. The van der Waals surface area contributed by atoms with Crippen LogP contribution in [0.5, 0.6) is 0 Å². The van der Waals surface area contributed by atoms with Crippen LogP contribution in [0, 0.1) is 0 Å². The van der Waals surface area contributed by atoms with Gasteiger partial charge in [0.2, 0.25) is 5.95 Å². The minimum absolute atomic E-state index is 0.115. The topological polar surface area (TPSA) is 83.8 Å². The fraction of sp³-hybridized carbons (Fsp3) is 0.600. The van der Waals surface area contributed by atoms with Crippen molar-refractivity contribution in [3.05, 3.63) is 22.1 Å². The van der Waals surface area contributed by atoms with Crippen LogP contribution in [0.25, 0.3) is 0 Å². The number of aryl methyl sites for hydroxylation is 1. The Hall–Kier alpha value is -1.36. The third kappa shape index (κ3) is 4.12. The highest BCUT2D eigenvalue weighted by Gasteiger charge is 1.99. The molecule has 1 heterocycles. The molecule has 0 amide bonds. The largest absolute Gasteiger partial charge is 0.354 e. The fourth-order valence-corrected chi connectivity index (χ4v) is 1.27. The fourth-order valence-electron chi connectivity index (χ4n) is 1.27. The van der Waals surface area contributed by atoms with Crippen LogP contribution in [0.3, 0.4) is 0 Å². The molecule has 15 heavy (non-hydrogen) atoms. The molecule has 0 spiro atoms. The molecule has 1 rings (SSSR count). The smallest absolute Gasteiger partial charge is 0.252 e. The third-order valence-corrected chi connectivity index (χ3v) is 2.02. The van der Waals surface area contributed by atoms with Crippen molar-refractivity contribution >= 4 is 5.95 Å². The summed E-state index contributed by atoms with van der Waals surface area (Å²) in [7, 11) is 0. The molecule has 0 saturated heterocycles. The Kier molecular flexibility index (Phi) is 4.83. The van der Waals surface area contributed by atoms with Gasteiger partial charge in [-0.2, -0.15) is 0 Å². The molecule has 0 atom stereocenters. The lowest BCUT2D eigenvalue weighted by molar-refractivity contribution is 0.771. The van der Waals surface area contributed by atoms with Gasteiger partial charge in [0.15, 0.2) is 0 Å². The molecule has 0 bridgehead atoms. The third-order valence-electron chi connectivity index (χ3n) is 2.02. The number of hydrogen-bond donors (Lipinski definition) is 3. The van der Waals surface area contributed by atoms with Crippen molar-refractivity contribution in [1.82, 2.24) is 9.97 Å². The van der Waals surface area contributed by atoms with Gasteiger partial charge in [-0.15, -0.1) is 0 Å². The number of nitrogens with one attached hydrogen (secondary N) is 2. The van der Waals surface area contributed by atoms with Gasteiger partial charge in [-0.1, -0.05) is 13.3 Å². The molecule has 0 fully saturated rings. The highest BCUT2D eigenvalue weighted by molar-refractivity contribution is 5.25. The van der Waals surface area contributed by atoms with Gasteiger partial charge in [0, 0.05) is 24.8 Å². The zero-order valence-electron chi connectivity index (χ0n) is 9.05. The van der Waals surface area contributed by atoms with Gasteiger partial charge in [0.25, 0.3) is 5.56 Å². The van der Waals surface area contributed by atoms with Crippen LogP contribution >= 0.6 is 0 Å². The van der Waals surface area contributed by atoms with E-state index in [0.717, 1.165) is 25.0 Å². The second kappa shape index (κ2) is 6.19. The first kappa shape index (κ1) is 11.7. The zero-order chi connectivity index (χ0) is 11.1. The summed E-state index contributed by atoms with van der Waals surface area (Å²) >= 11 is 0. The molecule has 4 N–H and O–H groups in total. The lowest BCUT2D eigenvalue weighted by atomic mass is 10.2. The second-order valence-electron chi connectivity index (χ2n) is 3.40. The van der Waals surface area contributed by atoms with Crippen LogP contribution in [-0.4, -0.2) is 23.1 Å². The number of unbranched alkanes of at least 4 members (excludes halogenated alkanes) is 1. The Balaban J connectivity index is 2.71. The molecule has 1 aromatic heterocycles. The first-order valence-corrected chi connectivity index (χ1v) is 5.30. The molecule has 1 aromatic rings. The minimum Gasteiger partial charge on any atom is -0.354 e. The quantitative estimate of drug-likeness (QED) is 0.637. The van der Waals surface area contributed by atoms with E-state index in [2.05, 4.69) is 22.2 Å². The van der Waals surface area contributed by atoms with E-state index in [1.165, 1.54) is 0 Å². The summed E-state index contributed by atoms with van der Waals surface area (Å²) in [5.41, 5.74) is 6.07. The predicted molar refractivity (Wildman–Crippen MR) is 61.0 cm³/mol. The summed E-state index contributed by atoms with van der Waals surface area (Å²) in [4.78, 5) is 18.2. The monoisotopic (exact) mass is 210 g/mol. The summed E-state index contributed by atoms with van der Waals surface area (Å²) in [5.74, 6) is 0.513. The zero-order valence-corrected chi connectivity index (χ0v) is 9.05. The first-order valence-electron chi connectivity index (χ1n) is 5.30. The Bertz CT molecular complexity index is 318. The first-order chi connectivity index (χ1) is 7.26. The van der Waals surface area contributed by atoms with Crippen molar-refractivity contribution in [2.75, 3.05) is 18.4 Å². The number of nitrogens with zero attached hydrogens (tertiary/aromatic N) is 1. The molecule has 5 nitrogen and oxygen atoms in total. The molecule has 84 valence electrons. The minimum atomic E-state index is -0.115. The van der Waals surface area contributed by atoms with Crippen LogP contribution in [-0.2, 0) is 6.42 Å². The number of aromatic nitrogens is 2. The van der Waals surface area contributed by atoms with E-state index in [1.807, 2.05) is 0 Å². The highest BCUT2D eigenvalue weighted by Crippen LogP contribution is 2.01. The number of anilines is 1. The molecule has 0 aliphatic rings. The summed E-state index contributed by atoms with van der Waals surface area (Å²) in [6.45, 7) is 3.24. The molecule has 0 aromatic carbocycles. The van der Waals surface area contributed by atoms with Gasteiger partial charge in [-0.05, 0) is 12.8 Å². The number of rotatable bonds is 6. The van der Waals surface area contributed by atoms with Crippen LogP contribution in [0.4, 0.5) is 5.95 Å². The Labute approximate surface area is 89.1 Å². The number of aromatic amines is 1. The maximum atomic E-state index is 11.3. The van der Waals surface area contributed by atoms with Crippen molar-refractivity contribution in [2.24, 2.45) is 5.73 Å². The van der Waals surface area contributed by atoms with Gasteiger partial charge in [-0.25, -0.2) is 4.98 Å². The molecular weight excluding hydrogens is 192 g/mol. The van der Waals surface area contributed by atoms with Crippen molar-refractivity contribution in [1.29, 1.82) is 0 Å². The SMILES string of the molecule is CCCCc1cc(=O)[nH]c(NCCN)n1. The van der Waals surface area contributed by atoms with Gasteiger partial charge in [0.1, 0.15) is 0 Å². The summed E-state index contributed by atoms with van der Waals surface area (Å²) in [6.07, 6.45) is 2.99. The summed E-state index contributed by atoms with van der Waals surface area (Å²) < 4.78 is 0. The van der Waals surface area contributed by atoms with E-state index in [0.29, 0.717) is 19.0 Å². The number of H-pyrrole nitrogens is 1. The number of hydrogen-bond acceptors (Lipinski definition) is 4. The van der Waals surface area contributed by atoms with Crippen LogP contribution < -0.4 is 16.6 Å². The predicted octanol–water partition coefficient (Wildman–Crippen LogP) is 0.483. The Morgan fingerprint density at radius 3 is 3.07 bits per heavy atom. The van der Waals surface area contributed by atoms with Gasteiger partial charge >= 0.3 is 0 Å². The maximum absolute atomic E-state index is 11.3. The molecule has 0 radical (unpaired) electrons. The molecule has 0 aliphatic carbocycles. The average molecular weight is 210 g/mol. The lowest BCUT2D eigenvalue weighted by Gasteiger charge is -2.05. The van der Waals surface area contributed by atoms with Gasteiger partial charge < -0.3 is 11.1 Å². The molecule has 5 heteroatoms. The van der Waals surface area contributed by atoms with E-state index >= 15 is 0 Å². The van der Waals surface area contributed by atoms with E-state index in [-0.39, 0.29) is 5.56 Å². The van der Waals surface area contributed by atoms with E-state index in [9.17, 15) is 4.79 Å². The standard InChI is InChI=1S/C10H18N4O/c1-2-3-4-8-7-9(15)14-10(13-8)12-6-5-11/h7H,2-6,11H2,1H3,(H2,12,13,14,15). The molecule has 0 saturated carbocycles. The average Bonchev–Trinajstić information content (AvgIpc) is 2.23. The van der Waals surface area contributed by atoms with Crippen molar-refractivity contribution in [3.8, 4) is 0 Å². The van der Waals surface area contributed by atoms with Gasteiger partial charge in [-0.3, -0.25) is 9.78 Å². The summed E-state index contributed by atoms with van der Waals surface area (Å²) in [6, 6.07) is 1.54. The molecule has 0 aliphatic heterocycles. The van der Waals surface area contributed by atoms with Crippen LogP contribution in [0.2, 0.25) is 0 Å². The lowest BCUT2D eigenvalue weighted by Crippen LogP contribution is -2.18. The Morgan fingerprint density at radius 1 is 1.60 bits per heavy atom. The van der Waals surface area contributed by atoms with E-state index < -0.39 is 0 Å². The number of nitrogens with two attached hydrogens (primary N) is 1. The van der Waals surface area contributed by atoms with E-state index in [4.69, 9.17) is 5.73 Å². The van der Waals surface area contributed by atoms with E-state index in [1.54, 1.807) is 6.07 Å². The summed E-state index contributed by atoms with van der Waals surface area (Å²) in [5, 5.41) is 2.96. The van der Waals surface area contributed by atoms with Crippen LogP contribution in [0.15, 0.2) is 10.9 Å². The maximum Gasteiger partial charge on any atom is 0.252 e. The van der Waals surface area contributed by atoms with Crippen molar-refractivity contribution in [3.63, 3.8) is 0 Å². The van der Waals surface area contributed by atoms with Crippen molar-refractivity contribution in [2.45, 2.75) is 26.2 Å².